The fraction of sp³-hybridized carbons (Fsp3) is 0.455. The zero-order valence-corrected chi connectivity index (χ0v) is 10.4. The van der Waals surface area contributed by atoms with Crippen molar-refractivity contribution in [3.8, 4) is 0 Å². The molecule has 1 aromatic rings. The van der Waals surface area contributed by atoms with Crippen molar-refractivity contribution in [2.45, 2.75) is 6.92 Å². The molecule has 1 aliphatic heterocycles. The number of piperazine rings is 1. The van der Waals surface area contributed by atoms with Crippen molar-refractivity contribution in [2.75, 3.05) is 36.8 Å². The third-order valence-electron chi connectivity index (χ3n) is 2.90. The molecule has 5 nitrogen and oxygen atoms in total. The zero-order valence-electron chi connectivity index (χ0n) is 9.69. The largest absolute Gasteiger partial charge is 0.396 e. The summed E-state index contributed by atoms with van der Waals surface area (Å²) >= 11 is 5.86. The van der Waals surface area contributed by atoms with Crippen molar-refractivity contribution in [3.05, 3.63) is 17.3 Å². The SMILES string of the molecule is CC(=O)N1CCN(c2nc(Cl)ccc2N)CC1. The van der Waals surface area contributed by atoms with Crippen LogP contribution in [0.4, 0.5) is 11.5 Å². The Morgan fingerprint density at radius 2 is 2.00 bits per heavy atom. The first kappa shape index (κ1) is 12.0. The Morgan fingerprint density at radius 1 is 1.35 bits per heavy atom. The Bertz CT molecular complexity index is 429. The van der Waals surface area contributed by atoms with Gasteiger partial charge in [0.2, 0.25) is 5.91 Å². The van der Waals surface area contributed by atoms with Crippen molar-refractivity contribution >= 4 is 29.0 Å². The van der Waals surface area contributed by atoms with E-state index in [1.165, 1.54) is 0 Å². The van der Waals surface area contributed by atoms with Gasteiger partial charge >= 0.3 is 0 Å². The maximum Gasteiger partial charge on any atom is 0.219 e. The number of nitrogens with two attached hydrogens (primary N) is 1. The molecule has 0 bridgehead atoms. The predicted octanol–water partition coefficient (Wildman–Crippen LogP) is 0.986. The monoisotopic (exact) mass is 254 g/mol. The van der Waals surface area contributed by atoms with E-state index in [9.17, 15) is 4.79 Å². The van der Waals surface area contributed by atoms with Gasteiger partial charge in [-0.1, -0.05) is 11.6 Å². The number of carbonyl (C=O) groups excluding carboxylic acids is 1. The van der Waals surface area contributed by atoms with Gasteiger partial charge in [0.25, 0.3) is 0 Å². The van der Waals surface area contributed by atoms with Crippen LogP contribution in [0, 0.1) is 0 Å². The average molecular weight is 255 g/mol. The zero-order chi connectivity index (χ0) is 12.4. The maximum atomic E-state index is 11.2. The van der Waals surface area contributed by atoms with Crippen LogP contribution in [0.3, 0.4) is 0 Å². The number of pyridine rings is 1. The molecule has 1 aromatic heterocycles. The van der Waals surface area contributed by atoms with Crippen molar-refractivity contribution in [2.24, 2.45) is 0 Å². The van der Waals surface area contributed by atoms with Crippen LogP contribution in [-0.2, 0) is 4.79 Å². The fourth-order valence-corrected chi connectivity index (χ4v) is 2.07. The quantitative estimate of drug-likeness (QED) is 0.759. The second-order valence-electron chi connectivity index (χ2n) is 4.04. The van der Waals surface area contributed by atoms with E-state index in [1.807, 2.05) is 4.90 Å². The Morgan fingerprint density at radius 3 is 2.59 bits per heavy atom. The van der Waals surface area contributed by atoms with Gasteiger partial charge in [-0.2, -0.15) is 0 Å². The first-order valence-corrected chi connectivity index (χ1v) is 5.88. The molecule has 1 fully saturated rings. The number of amides is 1. The summed E-state index contributed by atoms with van der Waals surface area (Å²) in [5.74, 6) is 0.817. The standard InChI is InChI=1S/C11H15ClN4O/c1-8(17)15-4-6-16(7-5-15)11-9(13)2-3-10(12)14-11/h2-3H,4-7,13H2,1H3. The summed E-state index contributed by atoms with van der Waals surface area (Å²) in [6.07, 6.45) is 0. The summed E-state index contributed by atoms with van der Waals surface area (Å²) in [5, 5.41) is 0.434. The fourth-order valence-electron chi connectivity index (χ4n) is 1.92. The van der Waals surface area contributed by atoms with Crippen molar-refractivity contribution in [1.82, 2.24) is 9.88 Å². The van der Waals surface area contributed by atoms with E-state index >= 15 is 0 Å². The lowest BCUT2D eigenvalue weighted by molar-refractivity contribution is -0.129. The van der Waals surface area contributed by atoms with Gasteiger partial charge in [0.05, 0.1) is 5.69 Å². The second kappa shape index (κ2) is 4.79. The first-order valence-electron chi connectivity index (χ1n) is 5.50. The van der Waals surface area contributed by atoms with E-state index in [0.29, 0.717) is 29.7 Å². The normalized spacial score (nSPS) is 16.1. The van der Waals surface area contributed by atoms with Gasteiger partial charge < -0.3 is 15.5 Å². The summed E-state index contributed by atoms with van der Waals surface area (Å²) in [4.78, 5) is 19.3. The van der Waals surface area contributed by atoms with Gasteiger partial charge in [-0.25, -0.2) is 4.98 Å². The Labute approximate surface area is 105 Å². The minimum atomic E-state index is 0.108. The van der Waals surface area contributed by atoms with Gasteiger partial charge in [-0.15, -0.1) is 0 Å². The number of nitrogen functional groups attached to an aromatic ring is 1. The number of rotatable bonds is 1. The van der Waals surface area contributed by atoms with Crippen LogP contribution in [0.25, 0.3) is 0 Å². The molecule has 6 heteroatoms. The molecule has 1 saturated heterocycles. The van der Waals surface area contributed by atoms with E-state index in [2.05, 4.69) is 9.88 Å². The molecule has 0 radical (unpaired) electrons. The van der Waals surface area contributed by atoms with E-state index in [4.69, 9.17) is 17.3 Å². The summed E-state index contributed by atoms with van der Waals surface area (Å²) in [6, 6.07) is 3.42. The lowest BCUT2D eigenvalue weighted by atomic mass is 10.3. The number of aromatic nitrogens is 1. The van der Waals surface area contributed by atoms with Gasteiger partial charge in [-0.3, -0.25) is 4.79 Å². The molecule has 2 N–H and O–H groups in total. The highest BCUT2D eigenvalue weighted by Gasteiger charge is 2.21. The van der Waals surface area contributed by atoms with Crippen molar-refractivity contribution in [3.63, 3.8) is 0 Å². The Balaban J connectivity index is 2.10. The van der Waals surface area contributed by atoms with E-state index in [0.717, 1.165) is 13.1 Å². The number of anilines is 2. The van der Waals surface area contributed by atoms with Crippen molar-refractivity contribution in [1.29, 1.82) is 0 Å². The lowest BCUT2D eigenvalue weighted by Gasteiger charge is -2.35. The Hall–Kier alpha value is -1.49. The van der Waals surface area contributed by atoms with Crippen LogP contribution in [-0.4, -0.2) is 42.0 Å². The lowest BCUT2D eigenvalue weighted by Crippen LogP contribution is -2.48. The van der Waals surface area contributed by atoms with Crippen LogP contribution in [0.1, 0.15) is 6.92 Å². The molecular formula is C11H15ClN4O. The highest BCUT2D eigenvalue weighted by atomic mass is 35.5. The molecule has 1 amide bonds. The minimum Gasteiger partial charge on any atom is -0.396 e. The second-order valence-corrected chi connectivity index (χ2v) is 4.43. The summed E-state index contributed by atoms with van der Waals surface area (Å²) < 4.78 is 0. The Kier molecular flexibility index (Phi) is 3.38. The highest BCUT2D eigenvalue weighted by Crippen LogP contribution is 2.23. The van der Waals surface area contributed by atoms with Crippen LogP contribution < -0.4 is 10.6 Å². The smallest absolute Gasteiger partial charge is 0.219 e. The first-order chi connectivity index (χ1) is 8.08. The highest BCUT2D eigenvalue weighted by molar-refractivity contribution is 6.29. The molecule has 2 heterocycles. The van der Waals surface area contributed by atoms with E-state index in [1.54, 1.807) is 19.1 Å². The maximum absolute atomic E-state index is 11.2. The summed E-state index contributed by atoms with van der Waals surface area (Å²) in [5.41, 5.74) is 6.49. The van der Waals surface area contributed by atoms with Crippen molar-refractivity contribution < 1.29 is 4.79 Å². The van der Waals surface area contributed by atoms with Gasteiger partial charge in [-0.05, 0) is 12.1 Å². The molecule has 0 aromatic carbocycles. The number of carbonyl (C=O) groups is 1. The molecule has 1 aliphatic rings. The number of nitrogens with zero attached hydrogens (tertiary/aromatic N) is 3. The minimum absolute atomic E-state index is 0.108. The predicted molar refractivity (Wildman–Crippen MR) is 68.1 cm³/mol. The van der Waals surface area contributed by atoms with Crippen LogP contribution in [0.2, 0.25) is 5.15 Å². The molecule has 17 heavy (non-hydrogen) atoms. The molecule has 0 unspecified atom stereocenters. The van der Waals surface area contributed by atoms with Crippen LogP contribution >= 0.6 is 11.6 Å². The number of halogens is 1. The third kappa shape index (κ3) is 2.61. The van der Waals surface area contributed by atoms with Gasteiger partial charge in [0.15, 0.2) is 5.82 Å². The van der Waals surface area contributed by atoms with E-state index < -0.39 is 0 Å². The molecule has 2 rings (SSSR count). The summed E-state index contributed by atoms with van der Waals surface area (Å²) in [7, 11) is 0. The average Bonchev–Trinajstić information content (AvgIpc) is 2.32. The van der Waals surface area contributed by atoms with Gasteiger partial charge in [0.1, 0.15) is 5.15 Å². The molecule has 0 spiro atoms. The topological polar surface area (TPSA) is 62.5 Å². The number of hydrogen-bond acceptors (Lipinski definition) is 4. The summed E-state index contributed by atoms with van der Waals surface area (Å²) in [6.45, 7) is 4.45. The van der Waals surface area contributed by atoms with Crippen LogP contribution in [0.5, 0.6) is 0 Å². The molecule has 0 saturated carbocycles. The number of hydrogen-bond donors (Lipinski definition) is 1. The van der Waals surface area contributed by atoms with Crippen LogP contribution in [0.15, 0.2) is 12.1 Å². The molecule has 0 aliphatic carbocycles. The molecular weight excluding hydrogens is 240 g/mol. The van der Waals surface area contributed by atoms with E-state index in [-0.39, 0.29) is 5.91 Å². The van der Waals surface area contributed by atoms with Gasteiger partial charge in [0, 0.05) is 33.1 Å². The molecule has 0 atom stereocenters. The molecule has 92 valence electrons. The third-order valence-corrected chi connectivity index (χ3v) is 3.11.